The molecule has 0 saturated carbocycles. The fourth-order valence-corrected chi connectivity index (χ4v) is 2.23. The quantitative estimate of drug-likeness (QED) is 0.738. The van der Waals surface area contributed by atoms with Crippen molar-refractivity contribution in [3.63, 3.8) is 0 Å². The summed E-state index contributed by atoms with van der Waals surface area (Å²) in [6.45, 7) is 4.58. The van der Waals surface area contributed by atoms with Gasteiger partial charge in [0.05, 0.1) is 36.9 Å². The summed E-state index contributed by atoms with van der Waals surface area (Å²) in [6, 6.07) is 9.35. The molecule has 0 spiro atoms. The fourth-order valence-electron chi connectivity index (χ4n) is 2.23. The van der Waals surface area contributed by atoms with Crippen LogP contribution in [-0.4, -0.2) is 41.9 Å². The summed E-state index contributed by atoms with van der Waals surface area (Å²) in [5.41, 5.74) is 1.08. The Morgan fingerprint density at radius 3 is 2.50 bits per heavy atom. The molecule has 24 heavy (non-hydrogen) atoms. The molecule has 0 radical (unpaired) electrons. The molecule has 124 valence electrons. The third-order valence-corrected chi connectivity index (χ3v) is 3.66. The van der Waals surface area contributed by atoms with E-state index in [1.54, 1.807) is 17.2 Å². The Labute approximate surface area is 139 Å². The number of nitrogens with one attached hydrogen (secondary N) is 1. The lowest BCUT2D eigenvalue weighted by Gasteiger charge is -2.21. The predicted octanol–water partition coefficient (Wildman–Crippen LogP) is 1.31. The molecule has 3 aromatic rings. The number of nitrogens with zero attached hydrogens (tertiary/aromatic N) is 6. The molecule has 1 N–H and O–H groups in total. The Morgan fingerprint density at radius 1 is 1.12 bits per heavy atom. The number of hydrogen-bond donors (Lipinski definition) is 1. The van der Waals surface area contributed by atoms with Crippen LogP contribution in [0.15, 0.2) is 48.9 Å². The van der Waals surface area contributed by atoms with Crippen LogP contribution in [0.1, 0.15) is 24.3 Å². The second kappa shape index (κ2) is 7.03. The van der Waals surface area contributed by atoms with Crippen LogP contribution in [0.25, 0.3) is 5.69 Å². The van der Waals surface area contributed by atoms with Crippen LogP contribution >= 0.6 is 0 Å². The van der Waals surface area contributed by atoms with Crippen molar-refractivity contribution < 1.29 is 4.79 Å². The summed E-state index contributed by atoms with van der Waals surface area (Å²) in [4.78, 5) is 15.5. The van der Waals surface area contributed by atoms with Crippen molar-refractivity contribution in [2.24, 2.45) is 5.92 Å². The van der Waals surface area contributed by atoms with Crippen molar-refractivity contribution in [3.05, 3.63) is 54.6 Å². The number of amides is 1. The zero-order chi connectivity index (χ0) is 16.9. The Morgan fingerprint density at radius 2 is 1.83 bits per heavy atom. The van der Waals surface area contributed by atoms with Gasteiger partial charge < -0.3 is 5.32 Å². The van der Waals surface area contributed by atoms with E-state index in [0.29, 0.717) is 6.54 Å². The third-order valence-electron chi connectivity index (χ3n) is 3.66. The molecule has 0 aliphatic rings. The van der Waals surface area contributed by atoms with E-state index in [9.17, 15) is 4.79 Å². The molecule has 3 rings (SSSR count). The maximum absolute atomic E-state index is 12.5. The highest BCUT2D eigenvalue weighted by atomic mass is 16.2. The van der Waals surface area contributed by atoms with Crippen LogP contribution in [0.3, 0.4) is 0 Å². The van der Waals surface area contributed by atoms with Crippen molar-refractivity contribution in [2.75, 3.05) is 0 Å². The summed E-state index contributed by atoms with van der Waals surface area (Å²) in [5, 5.41) is 19.5. The van der Waals surface area contributed by atoms with Gasteiger partial charge in [-0.1, -0.05) is 32.0 Å². The Hall–Kier alpha value is -3.03. The lowest BCUT2D eigenvalue weighted by Crippen LogP contribution is -2.42. The lowest BCUT2D eigenvalue weighted by atomic mass is 10.0. The van der Waals surface area contributed by atoms with Gasteiger partial charge in [0.25, 0.3) is 5.91 Å². The Bertz CT molecular complexity index is 780. The maximum Gasteiger partial charge on any atom is 0.273 e. The van der Waals surface area contributed by atoms with Crippen LogP contribution in [0.4, 0.5) is 0 Å². The smallest absolute Gasteiger partial charge is 0.273 e. The summed E-state index contributed by atoms with van der Waals surface area (Å²) in [7, 11) is 0. The predicted molar refractivity (Wildman–Crippen MR) is 87.5 cm³/mol. The van der Waals surface area contributed by atoms with E-state index in [1.807, 2.05) is 44.2 Å². The van der Waals surface area contributed by atoms with Crippen LogP contribution in [0.5, 0.6) is 0 Å². The molecule has 8 nitrogen and oxygen atoms in total. The minimum absolute atomic E-state index is 0.105. The molecular weight excluding hydrogens is 306 g/mol. The second-order valence-electron chi connectivity index (χ2n) is 5.76. The van der Waals surface area contributed by atoms with Crippen molar-refractivity contribution in [1.82, 2.24) is 35.3 Å². The number of para-hydroxylation sites is 1. The summed E-state index contributed by atoms with van der Waals surface area (Å²) < 4.78 is 0. The zero-order valence-corrected chi connectivity index (χ0v) is 13.6. The van der Waals surface area contributed by atoms with Crippen LogP contribution in [0, 0.1) is 5.92 Å². The SMILES string of the molecule is CC(C)C(Cn1nccn1)NC(=O)c1cnn(-c2ccccc2)n1. The Balaban J connectivity index is 1.70. The van der Waals surface area contributed by atoms with Gasteiger partial charge in [0.1, 0.15) is 0 Å². The van der Waals surface area contributed by atoms with Crippen LogP contribution in [-0.2, 0) is 6.54 Å². The molecule has 2 heterocycles. The summed E-state index contributed by atoms with van der Waals surface area (Å²) in [6.07, 6.45) is 4.70. The van der Waals surface area contributed by atoms with Gasteiger partial charge in [0.2, 0.25) is 0 Å². The molecule has 0 aliphatic heterocycles. The van der Waals surface area contributed by atoms with Crippen molar-refractivity contribution >= 4 is 5.91 Å². The van der Waals surface area contributed by atoms with Gasteiger partial charge in [-0.15, -0.1) is 5.10 Å². The van der Waals surface area contributed by atoms with Crippen LogP contribution in [0.2, 0.25) is 0 Å². The largest absolute Gasteiger partial charge is 0.346 e. The molecule has 0 saturated heterocycles. The van der Waals surface area contributed by atoms with E-state index >= 15 is 0 Å². The highest BCUT2D eigenvalue weighted by Gasteiger charge is 2.20. The minimum atomic E-state index is -0.261. The maximum atomic E-state index is 12.5. The first-order valence-corrected chi connectivity index (χ1v) is 7.76. The summed E-state index contributed by atoms with van der Waals surface area (Å²) in [5.74, 6) is -0.0350. The monoisotopic (exact) mass is 325 g/mol. The number of aromatic nitrogens is 6. The molecule has 0 aliphatic carbocycles. The van der Waals surface area contributed by atoms with Gasteiger partial charge >= 0.3 is 0 Å². The topological polar surface area (TPSA) is 90.5 Å². The van der Waals surface area contributed by atoms with E-state index < -0.39 is 0 Å². The highest BCUT2D eigenvalue weighted by Crippen LogP contribution is 2.07. The zero-order valence-electron chi connectivity index (χ0n) is 13.6. The summed E-state index contributed by atoms with van der Waals surface area (Å²) >= 11 is 0. The van der Waals surface area contributed by atoms with Gasteiger partial charge in [-0.25, -0.2) is 0 Å². The van der Waals surface area contributed by atoms with Crippen molar-refractivity contribution in [1.29, 1.82) is 0 Å². The molecule has 8 heteroatoms. The van der Waals surface area contributed by atoms with E-state index in [-0.39, 0.29) is 23.6 Å². The number of rotatable bonds is 6. The van der Waals surface area contributed by atoms with E-state index in [4.69, 9.17) is 0 Å². The number of benzene rings is 1. The van der Waals surface area contributed by atoms with E-state index in [0.717, 1.165) is 5.69 Å². The van der Waals surface area contributed by atoms with Crippen molar-refractivity contribution in [3.8, 4) is 5.69 Å². The molecule has 2 aromatic heterocycles. The molecule has 1 amide bonds. The standard InChI is InChI=1S/C16H19N7O/c1-12(2)15(11-22-17-8-9-18-22)20-16(24)14-10-19-23(21-14)13-6-4-3-5-7-13/h3-10,12,15H,11H2,1-2H3,(H,20,24). The molecule has 1 unspecified atom stereocenters. The number of hydrogen-bond acceptors (Lipinski definition) is 5. The molecule has 0 bridgehead atoms. The Kier molecular flexibility index (Phi) is 4.64. The third kappa shape index (κ3) is 3.65. The average Bonchev–Trinajstić information content (AvgIpc) is 3.26. The fraction of sp³-hybridized carbons (Fsp3) is 0.312. The van der Waals surface area contributed by atoms with Gasteiger partial charge in [-0.3, -0.25) is 4.79 Å². The molecule has 1 atom stereocenters. The van der Waals surface area contributed by atoms with E-state index in [1.165, 1.54) is 11.0 Å². The lowest BCUT2D eigenvalue weighted by molar-refractivity contribution is 0.0912. The van der Waals surface area contributed by atoms with E-state index in [2.05, 4.69) is 25.7 Å². The minimum Gasteiger partial charge on any atom is -0.346 e. The first-order valence-electron chi connectivity index (χ1n) is 7.76. The number of carbonyl (C=O) groups excluding carboxylic acids is 1. The molecule has 0 fully saturated rings. The normalized spacial score (nSPS) is 12.3. The second-order valence-corrected chi connectivity index (χ2v) is 5.76. The highest BCUT2D eigenvalue weighted by molar-refractivity contribution is 5.92. The first kappa shape index (κ1) is 15.9. The van der Waals surface area contributed by atoms with Crippen molar-refractivity contribution in [2.45, 2.75) is 26.4 Å². The van der Waals surface area contributed by atoms with Gasteiger partial charge in [-0.05, 0) is 18.1 Å². The van der Waals surface area contributed by atoms with Crippen LogP contribution < -0.4 is 5.32 Å². The number of carbonyl (C=O) groups is 1. The van der Waals surface area contributed by atoms with Gasteiger partial charge in [0, 0.05) is 0 Å². The average molecular weight is 325 g/mol. The van der Waals surface area contributed by atoms with Gasteiger partial charge in [0.15, 0.2) is 5.69 Å². The first-order chi connectivity index (χ1) is 11.6. The van der Waals surface area contributed by atoms with Gasteiger partial charge in [-0.2, -0.15) is 24.9 Å². The molecule has 1 aromatic carbocycles. The molecular formula is C16H19N7O.